The van der Waals surface area contributed by atoms with Crippen molar-refractivity contribution in [3.63, 3.8) is 0 Å². The molecule has 2 saturated heterocycles. The summed E-state index contributed by atoms with van der Waals surface area (Å²) in [5.41, 5.74) is 4.08. The fourth-order valence-corrected chi connectivity index (χ4v) is 7.51. The van der Waals surface area contributed by atoms with Gasteiger partial charge in [-0.3, -0.25) is 19.7 Å². The van der Waals surface area contributed by atoms with E-state index in [-0.39, 0.29) is 23.1 Å². The van der Waals surface area contributed by atoms with Crippen molar-refractivity contribution in [3.05, 3.63) is 52.4 Å². The molecule has 1 aromatic rings. The molecule has 3 fully saturated rings. The standard InChI is InChI=1S/C30H36Cl2FN5O4/c1-16(31)35-13-8-20(33)23-24(26(40)36-18-5-7-22(25(34)39)42-15-18)38-29(11-9-28(2,3)10-12-29)30(23)19-6-4-17(32)14-21(19)37-27(30)41/h4,6,8,13-14,18,22-24,38H,1,5,7,9-12,15H2,2-3H3,(H2,34,39)(H,36,40)(H,37,41)/b20-8-,35-13-/t18-,22+,23+,24-,30-/m1/s1. The fourth-order valence-electron chi connectivity index (χ4n) is 7.28. The highest BCUT2D eigenvalue weighted by Crippen LogP contribution is 2.62. The average molecular weight is 621 g/mol. The summed E-state index contributed by atoms with van der Waals surface area (Å²) in [7, 11) is 0. The lowest BCUT2D eigenvalue weighted by Gasteiger charge is -2.50. The van der Waals surface area contributed by atoms with Crippen LogP contribution < -0.4 is 21.7 Å². The smallest absolute Gasteiger partial charge is 0.246 e. The zero-order chi connectivity index (χ0) is 30.4. The predicted octanol–water partition coefficient (Wildman–Crippen LogP) is 4.24. The summed E-state index contributed by atoms with van der Waals surface area (Å²) in [6.07, 6.45) is 5.04. The molecule has 0 bridgehead atoms. The van der Waals surface area contributed by atoms with Crippen LogP contribution >= 0.6 is 23.2 Å². The summed E-state index contributed by atoms with van der Waals surface area (Å²) in [4.78, 5) is 43.8. The maximum Gasteiger partial charge on any atom is 0.246 e. The van der Waals surface area contributed by atoms with Gasteiger partial charge in [0.05, 0.1) is 24.6 Å². The zero-order valence-corrected chi connectivity index (χ0v) is 25.2. The Bertz CT molecular complexity index is 1360. The Kier molecular flexibility index (Phi) is 8.30. The molecule has 1 saturated carbocycles. The van der Waals surface area contributed by atoms with Crippen molar-refractivity contribution in [2.24, 2.45) is 22.1 Å². The number of carbonyl (C=O) groups is 3. The number of fused-ring (bicyclic) bond motifs is 3. The highest BCUT2D eigenvalue weighted by molar-refractivity contribution is 6.31. The molecule has 1 aliphatic carbocycles. The zero-order valence-electron chi connectivity index (χ0n) is 23.6. The van der Waals surface area contributed by atoms with Crippen LogP contribution in [0.5, 0.6) is 0 Å². The number of aliphatic imine (C=N–C) groups is 1. The van der Waals surface area contributed by atoms with E-state index in [2.05, 4.69) is 41.4 Å². The minimum absolute atomic E-state index is 0.0139. The number of nitrogens with zero attached hydrogens (tertiary/aromatic N) is 1. The number of primary amides is 1. The molecule has 0 radical (unpaired) electrons. The van der Waals surface area contributed by atoms with Gasteiger partial charge in [0, 0.05) is 22.5 Å². The van der Waals surface area contributed by atoms with Gasteiger partial charge in [0.1, 0.15) is 22.5 Å². The molecule has 3 aliphatic heterocycles. The van der Waals surface area contributed by atoms with Crippen LogP contribution in [0.25, 0.3) is 0 Å². The van der Waals surface area contributed by atoms with E-state index in [1.807, 2.05) is 0 Å². The molecule has 5 atom stereocenters. The Hall–Kier alpha value is -2.79. The van der Waals surface area contributed by atoms with E-state index in [9.17, 15) is 14.4 Å². The third-order valence-corrected chi connectivity index (χ3v) is 9.76. The van der Waals surface area contributed by atoms with Gasteiger partial charge in [-0.2, -0.15) is 0 Å². The van der Waals surface area contributed by atoms with Crippen molar-refractivity contribution in [2.45, 2.75) is 81.5 Å². The molecular formula is C30H36Cl2FN5O4. The first-order valence-corrected chi connectivity index (χ1v) is 14.9. The van der Waals surface area contributed by atoms with Crippen LogP contribution in [0, 0.1) is 11.3 Å². The Balaban J connectivity index is 1.61. The first-order chi connectivity index (χ1) is 19.8. The molecule has 42 heavy (non-hydrogen) atoms. The second-order valence-corrected chi connectivity index (χ2v) is 13.4. The van der Waals surface area contributed by atoms with Gasteiger partial charge >= 0.3 is 0 Å². The Morgan fingerprint density at radius 1 is 1.24 bits per heavy atom. The lowest BCUT2D eigenvalue weighted by molar-refractivity contribution is -0.134. The Labute approximate surface area is 254 Å². The molecular weight excluding hydrogens is 584 g/mol. The molecule has 9 nitrogen and oxygen atoms in total. The fraction of sp³-hybridized carbons (Fsp3) is 0.533. The monoisotopic (exact) mass is 619 g/mol. The van der Waals surface area contributed by atoms with Crippen LogP contribution in [0.1, 0.15) is 57.9 Å². The summed E-state index contributed by atoms with van der Waals surface area (Å²) >= 11 is 12.1. The minimum atomic E-state index is -1.46. The van der Waals surface area contributed by atoms with Crippen molar-refractivity contribution in [1.29, 1.82) is 0 Å². The average Bonchev–Trinajstić information content (AvgIpc) is 3.38. The second-order valence-electron chi connectivity index (χ2n) is 12.5. The van der Waals surface area contributed by atoms with Crippen LogP contribution in [-0.2, 0) is 24.5 Å². The number of nitrogens with two attached hydrogens (primary N) is 1. The Morgan fingerprint density at radius 2 is 1.95 bits per heavy atom. The summed E-state index contributed by atoms with van der Waals surface area (Å²) in [5.74, 6) is -3.33. The van der Waals surface area contributed by atoms with Crippen LogP contribution in [0.3, 0.4) is 0 Å². The maximum absolute atomic E-state index is 16.6. The van der Waals surface area contributed by atoms with Crippen molar-refractivity contribution in [1.82, 2.24) is 10.6 Å². The third-order valence-electron chi connectivity index (χ3n) is 9.42. The van der Waals surface area contributed by atoms with Gasteiger partial charge in [0.15, 0.2) is 0 Å². The van der Waals surface area contributed by atoms with Gasteiger partial charge in [-0.15, -0.1) is 0 Å². The lowest BCUT2D eigenvalue weighted by Crippen LogP contribution is -2.62. The largest absolute Gasteiger partial charge is 0.367 e. The summed E-state index contributed by atoms with van der Waals surface area (Å²) < 4.78 is 22.2. The van der Waals surface area contributed by atoms with E-state index in [0.29, 0.717) is 42.0 Å². The summed E-state index contributed by atoms with van der Waals surface area (Å²) in [6.45, 7) is 7.93. The van der Waals surface area contributed by atoms with E-state index in [4.69, 9.17) is 33.7 Å². The van der Waals surface area contributed by atoms with E-state index < -0.39 is 52.7 Å². The van der Waals surface area contributed by atoms with Gasteiger partial charge in [0.25, 0.3) is 0 Å². The van der Waals surface area contributed by atoms with Gasteiger partial charge in [-0.25, -0.2) is 9.38 Å². The Morgan fingerprint density at radius 3 is 2.57 bits per heavy atom. The number of anilines is 1. The van der Waals surface area contributed by atoms with Crippen molar-refractivity contribution >= 4 is 52.8 Å². The maximum atomic E-state index is 16.6. The quantitative estimate of drug-likeness (QED) is 0.279. The van der Waals surface area contributed by atoms with Crippen molar-refractivity contribution < 1.29 is 23.5 Å². The number of allylic oxidation sites excluding steroid dienone is 1. The van der Waals surface area contributed by atoms with Gasteiger partial charge in [0.2, 0.25) is 17.7 Å². The molecule has 226 valence electrons. The number of carbonyl (C=O) groups excluding carboxylic acids is 3. The van der Waals surface area contributed by atoms with Gasteiger partial charge in [-0.05, 0) is 67.7 Å². The van der Waals surface area contributed by atoms with E-state index >= 15 is 4.39 Å². The number of nitrogens with one attached hydrogen (secondary N) is 3. The normalized spacial score (nSPS) is 31.7. The number of halogens is 3. The van der Waals surface area contributed by atoms with Crippen LogP contribution in [0.15, 0.2) is 46.8 Å². The van der Waals surface area contributed by atoms with E-state index in [1.54, 1.807) is 18.2 Å². The van der Waals surface area contributed by atoms with Gasteiger partial charge in [-0.1, -0.05) is 49.7 Å². The van der Waals surface area contributed by atoms with E-state index in [1.165, 1.54) is 6.21 Å². The number of hydrogen-bond donors (Lipinski definition) is 4. The molecule has 12 heteroatoms. The molecule has 5 rings (SSSR count). The summed E-state index contributed by atoms with van der Waals surface area (Å²) in [6, 6.07) is 3.57. The lowest BCUT2D eigenvalue weighted by atomic mass is 9.54. The van der Waals surface area contributed by atoms with Crippen LogP contribution in [0.4, 0.5) is 10.1 Å². The molecule has 2 spiro atoms. The molecule has 3 amide bonds. The van der Waals surface area contributed by atoms with Crippen LogP contribution in [-0.4, -0.2) is 54.3 Å². The van der Waals surface area contributed by atoms with E-state index in [0.717, 1.165) is 18.9 Å². The predicted molar refractivity (Wildman–Crippen MR) is 160 cm³/mol. The van der Waals surface area contributed by atoms with Crippen LogP contribution in [0.2, 0.25) is 5.02 Å². The number of ether oxygens (including phenoxy) is 1. The molecule has 0 unspecified atom stereocenters. The molecule has 1 aromatic carbocycles. The van der Waals surface area contributed by atoms with Gasteiger partial charge < -0.3 is 21.1 Å². The first kappa shape index (κ1) is 30.7. The number of amides is 3. The second kappa shape index (κ2) is 11.4. The SMILES string of the molecule is C=C(Cl)/N=C\C=C(/F)[C@H]1[C@H](C(=O)N[C@@H]2CC[C@@H](C(N)=O)OC2)NC2(CCC(C)(C)CC2)[C@@]12C(=O)Nc1cc(Cl)ccc12. The number of benzene rings is 1. The molecule has 4 aliphatic rings. The molecule has 0 aromatic heterocycles. The molecule has 3 heterocycles. The first-order valence-electron chi connectivity index (χ1n) is 14.1. The highest BCUT2D eigenvalue weighted by atomic mass is 35.5. The molecule has 5 N–H and O–H groups in total. The topological polar surface area (TPSA) is 135 Å². The summed E-state index contributed by atoms with van der Waals surface area (Å²) in [5, 5.41) is 9.84. The minimum Gasteiger partial charge on any atom is -0.367 e. The third kappa shape index (κ3) is 5.27. The van der Waals surface area contributed by atoms with Crippen molar-refractivity contribution in [3.8, 4) is 0 Å². The van der Waals surface area contributed by atoms with Crippen molar-refractivity contribution in [2.75, 3.05) is 11.9 Å². The number of hydrogen-bond acceptors (Lipinski definition) is 6. The highest BCUT2D eigenvalue weighted by Gasteiger charge is 2.73. The number of rotatable bonds is 6.